The third kappa shape index (κ3) is 5.16. The lowest BCUT2D eigenvalue weighted by atomic mass is 9.94. The maximum atomic E-state index is 13.0. The van der Waals surface area contributed by atoms with Crippen LogP contribution in [0.15, 0.2) is 68.5 Å². The highest BCUT2D eigenvalue weighted by atomic mass is 32.2. The minimum absolute atomic E-state index is 0.149. The Kier molecular flexibility index (Phi) is 7.97. The summed E-state index contributed by atoms with van der Waals surface area (Å²) in [6.07, 6.45) is 4.80. The monoisotopic (exact) mass is 496 g/mol. The summed E-state index contributed by atoms with van der Waals surface area (Å²) >= 11 is 3.36. The molecule has 1 aromatic heterocycles. The smallest absolute Gasteiger partial charge is 0.322 e. The van der Waals surface area contributed by atoms with E-state index in [4.69, 9.17) is 14.2 Å². The zero-order valence-electron chi connectivity index (χ0n) is 19.7. The maximum absolute atomic E-state index is 13.0. The molecule has 2 heterocycles. The number of urea groups is 1. The Hall–Kier alpha value is -2.75. The van der Waals surface area contributed by atoms with E-state index in [0.717, 1.165) is 33.7 Å². The van der Waals surface area contributed by atoms with Gasteiger partial charge in [0, 0.05) is 41.3 Å². The third-order valence-electron chi connectivity index (χ3n) is 5.78. The number of carbonyl (C=O) groups is 1. The van der Waals surface area contributed by atoms with Crippen molar-refractivity contribution in [2.45, 2.75) is 29.2 Å². The molecule has 1 unspecified atom stereocenters. The van der Waals surface area contributed by atoms with Gasteiger partial charge in [0.15, 0.2) is 0 Å². The van der Waals surface area contributed by atoms with Gasteiger partial charge in [-0.1, -0.05) is 17.3 Å². The van der Waals surface area contributed by atoms with E-state index in [9.17, 15) is 4.79 Å². The predicted octanol–water partition coefficient (Wildman–Crippen LogP) is 5.71. The molecule has 2 aromatic carbocycles. The minimum atomic E-state index is -0.394. The molecular weight excluding hydrogens is 468 g/mol. The van der Waals surface area contributed by atoms with E-state index in [0.29, 0.717) is 24.9 Å². The van der Waals surface area contributed by atoms with Crippen molar-refractivity contribution in [1.82, 2.24) is 20.4 Å². The SMILES string of the molecule is COCCCN1C(=O)NC(c2ccc(SC)cc2)C(c2nc(-c3ccc(SC)cc3)no2)=C1C. The van der Waals surface area contributed by atoms with Crippen LogP contribution in [0.1, 0.15) is 30.8 Å². The summed E-state index contributed by atoms with van der Waals surface area (Å²) in [5.41, 5.74) is 3.44. The van der Waals surface area contributed by atoms with Crippen LogP contribution in [0.25, 0.3) is 17.0 Å². The first-order valence-corrected chi connectivity index (χ1v) is 13.4. The normalized spacial score (nSPS) is 16.2. The van der Waals surface area contributed by atoms with E-state index >= 15 is 0 Å². The molecule has 9 heteroatoms. The van der Waals surface area contributed by atoms with Gasteiger partial charge in [0.1, 0.15) is 0 Å². The van der Waals surface area contributed by atoms with Gasteiger partial charge in [-0.15, -0.1) is 23.5 Å². The second-order valence-electron chi connectivity index (χ2n) is 7.80. The molecule has 0 bridgehead atoms. The molecule has 1 aliphatic rings. The molecule has 178 valence electrons. The van der Waals surface area contributed by atoms with Crippen LogP contribution in [0.5, 0.6) is 0 Å². The molecule has 0 aliphatic carbocycles. The van der Waals surface area contributed by atoms with Crippen LogP contribution in [0, 0.1) is 0 Å². The zero-order chi connectivity index (χ0) is 24.1. The van der Waals surface area contributed by atoms with Crippen LogP contribution in [0.3, 0.4) is 0 Å². The zero-order valence-corrected chi connectivity index (χ0v) is 21.3. The highest BCUT2D eigenvalue weighted by Gasteiger charge is 2.35. The van der Waals surface area contributed by atoms with Gasteiger partial charge in [0.25, 0.3) is 5.89 Å². The minimum Gasteiger partial charge on any atom is -0.385 e. The molecule has 0 saturated carbocycles. The van der Waals surface area contributed by atoms with Crippen LogP contribution in [0.2, 0.25) is 0 Å². The first kappa shape index (κ1) is 24.4. The van der Waals surface area contributed by atoms with E-state index in [1.807, 2.05) is 55.8 Å². The van der Waals surface area contributed by atoms with Crippen LogP contribution >= 0.6 is 23.5 Å². The number of nitrogens with zero attached hydrogens (tertiary/aromatic N) is 3. The standard InChI is InChI=1S/C25H28N4O3S2/c1-16-21(24-27-23(28-32-24)18-8-12-20(34-4)13-9-18)22(17-6-10-19(33-3)11-7-17)26-25(30)29(16)14-5-15-31-2/h6-13,22H,5,14-15H2,1-4H3,(H,26,30). The molecule has 4 rings (SSSR count). The summed E-state index contributed by atoms with van der Waals surface area (Å²) in [7, 11) is 1.66. The molecule has 34 heavy (non-hydrogen) atoms. The fourth-order valence-electron chi connectivity index (χ4n) is 3.93. The largest absolute Gasteiger partial charge is 0.385 e. The fraction of sp³-hybridized carbons (Fsp3) is 0.320. The number of rotatable bonds is 9. The molecule has 0 saturated heterocycles. The van der Waals surface area contributed by atoms with E-state index in [-0.39, 0.29) is 6.03 Å². The first-order chi connectivity index (χ1) is 16.5. The van der Waals surface area contributed by atoms with E-state index < -0.39 is 6.04 Å². The number of hydrogen-bond donors (Lipinski definition) is 1. The molecular formula is C25H28N4O3S2. The Morgan fingerprint density at radius 2 is 1.71 bits per heavy atom. The first-order valence-electron chi connectivity index (χ1n) is 11.0. The lowest BCUT2D eigenvalue weighted by Crippen LogP contribution is -2.46. The Morgan fingerprint density at radius 3 is 2.32 bits per heavy atom. The van der Waals surface area contributed by atoms with Gasteiger partial charge in [-0.2, -0.15) is 4.98 Å². The van der Waals surface area contributed by atoms with Crippen molar-refractivity contribution in [1.29, 1.82) is 0 Å². The lowest BCUT2D eigenvalue weighted by Gasteiger charge is -2.35. The second-order valence-corrected chi connectivity index (χ2v) is 9.56. The van der Waals surface area contributed by atoms with Crippen molar-refractivity contribution in [3.05, 3.63) is 65.7 Å². The number of carbonyl (C=O) groups excluding carboxylic acids is 1. The molecule has 2 amide bonds. The van der Waals surface area contributed by atoms with E-state index in [1.54, 1.807) is 35.5 Å². The van der Waals surface area contributed by atoms with E-state index in [1.165, 1.54) is 4.90 Å². The number of amides is 2. The fourth-order valence-corrected chi connectivity index (χ4v) is 4.75. The maximum Gasteiger partial charge on any atom is 0.322 e. The molecule has 1 N–H and O–H groups in total. The molecule has 0 fully saturated rings. The summed E-state index contributed by atoms with van der Waals surface area (Å²) < 4.78 is 10.9. The number of aromatic nitrogens is 2. The van der Waals surface area contributed by atoms with Crippen molar-refractivity contribution in [3.63, 3.8) is 0 Å². The average Bonchev–Trinajstić information content (AvgIpc) is 3.35. The molecule has 1 atom stereocenters. The number of benzene rings is 2. The van der Waals surface area contributed by atoms with Crippen LogP contribution < -0.4 is 5.32 Å². The number of nitrogens with one attached hydrogen (secondary N) is 1. The number of thioether (sulfide) groups is 2. The molecule has 7 nitrogen and oxygen atoms in total. The highest BCUT2D eigenvalue weighted by Crippen LogP contribution is 2.38. The summed E-state index contributed by atoms with van der Waals surface area (Å²) in [4.78, 5) is 21.8. The highest BCUT2D eigenvalue weighted by molar-refractivity contribution is 7.98. The van der Waals surface area contributed by atoms with Crippen molar-refractivity contribution >= 4 is 35.1 Å². The average molecular weight is 497 g/mol. The molecule has 0 radical (unpaired) electrons. The Morgan fingerprint density at radius 1 is 1.06 bits per heavy atom. The third-order valence-corrected chi connectivity index (χ3v) is 7.27. The summed E-state index contributed by atoms with van der Waals surface area (Å²) in [6, 6.07) is 15.7. The second kappa shape index (κ2) is 11.1. The van der Waals surface area contributed by atoms with Crippen molar-refractivity contribution in [2.75, 3.05) is 32.8 Å². The van der Waals surface area contributed by atoms with Gasteiger partial charge in [0.05, 0.1) is 11.6 Å². The topological polar surface area (TPSA) is 80.5 Å². The van der Waals surface area contributed by atoms with Gasteiger partial charge in [0.2, 0.25) is 5.82 Å². The summed E-state index contributed by atoms with van der Waals surface area (Å²) in [5.74, 6) is 0.916. The number of methoxy groups -OCH3 is 1. The lowest BCUT2D eigenvalue weighted by molar-refractivity contribution is 0.174. The van der Waals surface area contributed by atoms with Gasteiger partial charge in [-0.05, 0) is 67.8 Å². The van der Waals surface area contributed by atoms with Gasteiger partial charge in [-0.25, -0.2) is 4.79 Å². The molecule has 3 aromatic rings. The van der Waals surface area contributed by atoms with Crippen LogP contribution in [-0.4, -0.2) is 53.8 Å². The van der Waals surface area contributed by atoms with Crippen LogP contribution in [0.4, 0.5) is 4.79 Å². The Bertz CT molecular complexity index is 1160. The Labute approximate surface area is 208 Å². The van der Waals surface area contributed by atoms with Crippen molar-refractivity contribution in [3.8, 4) is 11.4 Å². The van der Waals surface area contributed by atoms with E-state index in [2.05, 4.69) is 22.6 Å². The summed E-state index contributed by atoms with van der Waals surface area (Å²) in [5, 5.41) is 7.39. The number of ether oxygens (including phenoxy) is 1. The molecule has 0 spiro atoms. The molecule has 1 aliphatic heterocycles. The van der Waals surface area contributed by atoms with Gasteiger partial charge >= 0.3 is 6.03 Å². The number of allylic oxidation sites excluding steroid dienone is 1. The van der Waals surface area contributed by atoms with Crippen molar-refractivity contribution in [2.24, 2.45) is 0 Å². The van der Waals surface area contributed by atoms with Crippen LogP contribution in [-0.2, 0) is 4.74 Å². The predicted molar refractivity (Wildman–Crippen MR) is 137 cm³/mol. The quantitative estimate of drug-likeness (QED) is 0.300. The van der Waals surface area contributed by atoms with Crippen molar-refractivity contribution < 1.29 is 14.1 Å². The summed E-state index contributed by atoms with van der Waals surface area (Å²) in [6.45, 7) is 3.04. The van der Waals surface area contributed by atoms with Gasteiger partial charge < -0.3 is 14.6 Å². The number of hydrogen-bond acceptors (Lipinski definition) is 7. The Balaban J connectivity index is 1.74. The van der Waals surface area contributed by atoms with Gasteiger partial charge in [-0.3, -0.25) is 4.90 Å².